The third-order valence-electron chi connectivity index (χ3n) is 7.18. The van der Waals surface area contributed by atoms with Crippen molar-refractivity contribution in [2.24, 2.45) is 0 Å². The van der Waals surface area contributed by atoms with Crippen LogP contribution in [-0.2, 0) is 0 Å². The van der Waals surface area contributed by atoms with E-state index in [-0.39, 0.29) is 5.82 Å². The lowest BCUT2D eigenvalue weighted by molar-refractivity contribution is 0.237. The van der Waals surface area contributed by atoms with E-state index in [9.17, 15) is 4.39 Å². The quantitative estimate of drug-likeness (QED) is 0.275. The summed E-state index contributed by atoms with van der Waals surface area (Å²) >= 11 is 0. The Labute approximate surface area is 223 Å². The SMILES string of the molecule is Fc1cc(OCCN2CCCC2)cc(-c2cccc3[nH]c(-c4n[nH]c5ccc(-c6ccncc6)nc45)nc23)c1. The molecule has 1 aliphatic heterocycles. The summed E-state index contributed by atoms with van der Waals surface area (Å²) in [6.45, 7) is 3.58. The number of nitrogens with zero attached hydrogens (tertiary/aromatic N) is 5. The predicted molar refractivity (Wildman–Crippen MR) is 149 cm³/mol. The van der Waals surface area contributed by atoms with Gasteiger partial charge in [-0.2, -0.15) is 5.10 Å². The molecule has 0 atom stereocenters. The zero-order valence-electron chi connectivity index (χ0n) is 21.2. The molecule has 0 radical (unpaired) electrons. The van der Waals surface area contributed by atoms with Crippen molar-refractivity contribution in [3.8, 4) is 39.7 Å². The van der Waals surface area contributed by atoms with Gasteiger partial charge in [0.2, 0.25) is 0 Å². The molecule has 8 nitrogen and oxygen atoms in total. The minimum Gasteiger partial charge on any atom is -0.492 e. The van der Waals surface area contributed by atoms with Crippen LogP contribution in [0.3, 0.4) is 0 Å². The molecular weight excluding hydrogens is 493 g/mol. The fourth-order valence-corrected chi connectivity index (χ4v) is 5.23. The highest BCUT2D eigenvalue weighted by Crippen LogP contribution is 2.33. The molecule has 0 amide bonds. The first-order valence-corrected chi connectivity index (χ1v) is 13.1. The Morgan fingerprint density at radius 3 is 2.62 bits per heavy atom. The van der Waals surface area contributed by atoms with Crippen LogP contribution >= 0.6 is 0 Å². The topological polar surface area (TPSA) is 95.6 Å². The number of H-pyrrole nitrogens is 2. The number of benzene rings is 2. The third-order valence-corrected chi connectivity index (χ3v) is 7.18. The predicted octanol–water partition coefficient (Wildman–Crippen LogP) is 5.84. The molecule has 1 saturated heterocycles. The van der Waals surface area contributed by atoms with Gasteiger partial charge in [0.25, 0.3) is 0 Å². The number of hydrogen-bond donors (Lipinski definition) is 2. The maximum absolute atomic E-state index is 14.7. The van der Waals surface area contributed by atoms with Crippen LogP contribution < -0.4 is 4.74 Å². The molecule has 9 heteroatoms. The lowest BCUT2D eigenvalue weighted by Gasteiger charge is -2.15. The van der Waals surface area contributed by atoms with Crippen LogP contribution in [-0.4, -0.2) is 61.3 Å². The molecule has 0 aliphatic carbocycles. The molecule has 0 bridgehead atoms. The van der Waals surface area contributed by atoms with E-state index in [2.05, 4.69) is 25.1 Å². The Kier molecular flexibility index (Phi) is 5.97. The standard InChI is InChI=1S/C30H26FN7O/c31-21-16-20(17-22(18-21)39-15-14-38-12-1-2-13-38)23-4-3-5-25-27(23)35-30(34-25)29-28-26(36-37-29)7-6-24(33-28)19-8-10-32-11-9-19/h3-11,16-18H,1-2,12-15H2,(H,34,35)(H,36,37). The number of fused-ring (bicyclic) bond motifs is 2. The maximum Gasteiger partial charge on any atom is 0.161 e. The van der Waals surface area contributed by atoms with Gasteiger partial charge >= 0.3 is 0 Å². The lowest BCUT2D eigenvalue weighted by atomic mass is 10.0. The first-order chi connectivity index (χ1) is 19.2. The normalized spacial score (nSPS) is 14.0. The van der Waals surface area contributed by atoms with Crippen molar-refractivity contribution in [1.82, 2.24) is 35.0 Å². The van der Waals surface area contributed by atoms with Crippen LogP contribution in [0, 0.1) is 5.82 Å². The zero-order chi connectivity index (χ0) is 26.2. The van der Waals surface area contributed by atoms with Crippen LogP contribution in [0.5, 0.6) is 5.75 Å². The van der Waals surface area contributed by atoms with Crippen LogP contribution in [0.25, 0.3) is 56.0 Å². The average molecular weight is 520 g/mol. The van der Waals surface area contributed by atoms with Gasteiger partial charge in [-0.15, -0.1) is 0 Å². The molecule has 5 heterocycles. The van der Waals surface area contributed by atoms with Gasteiger partial charge in [-0.25, -0.2) is 14.4 Å². The van der Waals surface area contributed by atoms with E-state index in [0.29, 0.717) is 35.0 Å². The van der Waals surface area contributed by atoms with Crippen molar-refractivity contribution < 1.29 is 9.13 Å². The first-order valence-electron chi connectivity index (χ1n) is 13.1. The van der Waals surface area contributed by atoms with Crippen molar-refractivity contribution in [2.75, 3.05) is 26.2 Å². The molecule has 0 unspecified atom stereocenters. The zero-order valence-corrected chi connectivity index (χ0v) is 21.2. The number of likely N-dealkylation sites (tertiary alicyclic amines) is 1. The highest BCUT2D eigenvalue weighted by Gasteiger charge is 2.18. The second kappa shape index (κ2) is 9.92. The average Bonchev–Trinajstić information content (AvgIpc) is 3.72. The molecule has 1 aliphatic rings. The number of aromatic nitrogens is 6. The Balaban J connectivity index is 1.23. The van der Waals surface area contributed by atoms with Gasteiger partial charge < -0.3 is 9.72 Å². The Morgan fingerprint density at radius 2 is 1.74 bits per heavy atom. The van der Waals surface area contributed by atoms with E-state index in [1.54, 1.807) is 12.4 Å². The number of imidazole rings is 1. The summed E-state index contributed by atoms with van der Waals surface area (Å²) in [6.07, 6.45) is 5.95. The molecule has 4 aromatic heterocycles. The molecule has 1 fully saturated rings. The fourth-order valence-electron chi connectivity index (χ4n) is 5.23. The number of para-hydroxylation sites is 1. The monoisotopic (exact) mass is 519 g/mol. The number of aromatic amines is 2. The van der Waals surface area contributed by atoms with Gasteiger partial charge in [0.15, 0.2) is 11.5 Å². The molecule has 0 spiro atoms. The summed E-state index contributed by atoms with van der Waals surface area (Å²) in [5.74, 6) is 0.757. The third kappa shape index (κ3) is 4.61. The van der Waals surface area contributed by atoms with Crippen LogP contribution in [0.1, 0.15) is 12.8 Å². The molecule has 39 heavy (non-hydrogen) atoms. The smallest absolute Gasteiger partial charge is 0.161 e. The van der Waals surface area contributed by atoms with E-state index < -0.39 is 0 Å². The van der Waals surface area contributed by atoms with E-state index in [4.69, 9.17) is 14.7 Å². The summed E-state index contributed by atoms with van der Waals surface area (Å²) in [6, 6.07) is 18.4. The number of ether oxygens (including phenoxy) is 1. The summed E-state index contributed by atoms with van der Waals surface area (Å²) in [5, 5.41) is 7.57. The molecule has 6 aromatic rings. The number of nitrogens with one attached hydrogen (secondary N) is 2. The lowest BCUT2D eigenvalue weighted by Crippen LogP contribution is -2.25. The summed E-state index contributed by atoms with van der Waals surface area (Å²) in [5.41, 5.74) is 7.00. The highest BCUT2D eigenvalue weighted by atomic mass is 19.1. The largest absolute Gasteiger partial charge is 0.492 e. The van der Waals surface area contributed by atoms with Gasteiger partial charge in [-0.05, 0) is 74.0 Å². The summed E-state index contributed by atoms with van der Waals surface area (Å²) in [4.78, 5) is 19.6. The first kappa shape index (κ1) is 23.5. The number of rotatable bonds is 7. The summed E-state index contributed by atoms with van der Waals surface area (Å²) < 4.78 is 20.6. The van der Waals surface area contributed by atoms with Gasteiger partial charge in [0, 0.05) is 36.1 Å². The molecule has 2 aromatic carbocycles. The van der Waals surface area contributed by atoms with Crippen molar-refractivity contribution in [3.63, 3.8) is 0 Å². The number of hydrogen-bond acceptors (Lipinski definition) is 6. The molecule has 7 rings (SSSR count). The summed E-state index contributed by atoms with van der Waals surface area (Å²) in [7, 11) is 0. The number of pyridine rings is 2. The van der Waals surface area contributed by atoms with Gasteiger partial charge in [-0.3, -0.25) is 15.0 Å². The molecule has 2 N–H and O–H groups in total. The van der Waals surface area contributed by atoms with Crippen LogP contribution in [0.2, 0.25) is 0 Å². The van der Waals surface area contributed by atoms with Gasteiger partial charge in [-0.1, -0.05) is 12.1 Å². The van der Waals surface area contributed by atoms with Crippen molar-refractivity contribution >= 4 is 22.1 Å². The molecular formula is C30H26FN7O. The van der Waals surface area contributed by atoms with Gasteiger partial charge in [0.1, 0.15) is 23.7 Å². The fraction of sp³-hybridized carbons (Fsp3) is 0.200. The molecule has 194 valence electrons. The Morgan fingerprint density at radius 1 is 0.872 bits per heavy atom. The van der Waals surface area contributed by atoms with Gasteiger partial charge in [0.05, 0.1) is 22.2 Å². The number of halogens is 1. The minimum absolute atomic E-state index is 0.345. The van der Waals surface area contributed by atoms with E-state index in [1.165, 1.54) is 25.0 Å². The van der Waals surface area contributed by atoms with E-state index in [1.807, 2.05) is 48.5 Å². The minimum atomic E-state index is -0.345. The van der Waals surface area contributed by atoms with E-state index >= 15 is 0 Å². The van der Waals surface area contributed by atoms with Crippen molar-refractivity contribution in [1.29, 1.82) is 0 Å². The molecule has 0 saturated carbocycles. The highest BCUT2D eigenvalue weighted by molar-refractivity contribution is 5.96. The second-order valence-corrected chi connectivity index (χ2v) is 9.76. The maximum atomic E-state index is 14.7. The van der Waals surface area contributed by atoms with Crippen molar-refractivity contribution in [2.45, 2.75) is 12.8 Å². The van der Waals surface area contributed by atoms with Crippen LogP contribution in [0.15, 0.2) is 73.1 Å². The van der Waals surface area contributed by atoms with Crippen LogP contribution in [0.4, 0.5) is 4.39 Å². The second-order valence-electron chi connectivity index (χ2n) is 9.76. The van der Waals surface area contributed by atoms with E-state index in [0.717, 1.165) is 53.0 Å². The Hall–Kier alpha value is -4.63. The Bertz CT molecular complexity index is 1770. The van der Waals surface area contributed by atoms with Crippen molar-refractivity contribution in [3.05, 3.63) is 78.9 Å².